The van der Waals surface area contributed by atoms with E-state index < -0.39 is 11.9 Å². The second-order valence-corrected chi connectivity index (χ2v) is 6.53. The normalized spacial score (nSPS) is 10.6. The Hall–Kier alpha value is -2.26. The van der Waals surface area contributed by atoms with Gasteiger partial charge in [0.2, 0.25) is 5.91 Å². The predicted molar refractivity (Wildman–Crippen MR) is 92.6 cm³/mol. The third kappa shape index (κ3) is 7.02. The molecule has 0 saturated heterocycles. The number of urea groups is 1. The van der Waals surface area contributed by atoms with Gasteiger partial charge in [-0.05, 0) is 38.1 Å². The molecule has 0 aliphatic rings. The Morgan fingerprint density at radius 2 is 2.00 bits per heavy atom. The zero-order valence-electron chi connectivity index (χ0n) is 13.6. The first-order valence-electron chi connectivity index (χ1n) is 7.36. The summed E-state index contributed by atoms with van der Waals surface area (Å²) in [6.45, 7) is 3.69. The zero-order chi connectivity index (χ0) is 18.2. The standard InChI is InChI=1S/C15H17ClN4O4S/c1-9(2)17-14(22)18-12(21)8-25-15-20-19-13(24-15)7-23-11-5-3-10(16)4-6-11/h3-6,9H,7-8H2,1-2H3,(H2,17,18,21,22). The number of imide groups is 1. The molecule has 0 bridgehead atoms. The van der Waals surface area contributed by atoms with Crippen molar-refractivity contribution in [3.8, 4) is 5.75 Å². The smallest absolute Gasteiger partial charge is 0.321 e. The molecule has 0 fully saturated rings. The molecule has 1 aromatic carbocycles. The van der Waals surface area contributed by atoms with Crippen molar-refractivity contribution in [3.63, 3.8) is 0 Å². The number of aromatic nitrogens is 2. The molecule has 2 aromatic rings. The maximum Gasteiger partial charge on any atom is 0.321 e. The Bertz CT molecular complexity index is 721. The summed E-state index contributed by atoms with van der Waals surface area (Å²) < 4.78 is 10.8. The second kappa shape index (κ2) is 9.28. The highest BCUT2D eigenvalue weighted by Gasteiger charge is 2.12. The molecule has 2 rings (SSSR count). The lowest BCUT2D eigenvalue weighted by Gasteiger charge is -2.08. The monoisotopic (exact) mass is 384 g/mol. The largest absolute Gasteiger partial charge is 0.484 e. The zero-order valence-corrected chi connectivity index (χ0v) is 15.2. The van der Waals surface area contributed by atoms with Gasteiger partial charge in [0.05, 0.1) is 5.75 Å². The van der Waals surface area contributed by atoms with Crippen molar-refractivity contribution >= 4 is 35.3 Å². The molecule has 1 heterocycles. The fourth-order valence-corrected chi connectivity index (χ4v) is 2.33. The van der Waals surface area contributed by atoms with Crippen molar-refractivity contribution in [3.05, 3.63) is 35.2 Å². The maximum absolute atomic E-state index is 11.6. The van der Waals surface area contributed by atoms with Crippen molar-refractivity contribution in [2.75, 3.05) is 5.75 Å². The predicted octanol–water partition coefficient (Wildman–Crippen LogP) is 2.63. The SMILES string of the molecule is CC(C)NC(=O)NC(=O)CSc1nnc(COc2ccc(Cl)cc2)o1. The molecule has 0 atom stereocenters. The van der Waals surface area contributed by atoms with Crippen LogP contribution in [0, 0.1) is 0 Å². The van der Waals surface area contributed by atoms with E-state index in [0.717, 1.165) is 11.8 Å². The molecule has 8 nitrogen and oxygen atoms in total. The van der Waals surface area contributed by atoms with Crippen molar-refractivity contribution in [2.45, 2.75) is 31.7 Å². The van der Waals surface area contributed by atoms with Crippen LogP contribution < -0.4 is 15.4 Å². The van der Waals surface area contributed by atoms with E-state index in [0.29, 0.717) is 10.8 Å². The fraction of sp³-hybridized carbons (Fsp3) is 0.333. The number of nitrogens with zero attached hydrogens (tertiary/aromatic N) is 2. The van der Waals surface area contributed by atoms with Crippen LogP contribution in [0.15, 0.2) is 33.9 Å². The summed E-state index contributed by atoms with van der Waals surface area (Å²) in [5, 5.41) is 13.2. The van der Waals surface area contributed by atoms with Gasteiger partial charge in [-0.3, -0.25) is 10.1 Å². The van der Waals surface area contributed by atoms with Gasteiger partial charge in [0.15, 0.2) is 6.61 Å². The van der Waals surface area contributed by atoms with E-state index in [-0.39, 0.29) is 29.5 Å². The van der Waals surface area contributed by atoms with E-state index in [2.05, 4.69) is 20.8 Å². The van der Waals surface area contributed by atoms with Crippen LogP contribution in [0.2, 0.25) is 5.02 Å². The topological polar surface area (TPSA) is 106 Å². The number of hydrogen-bond donors (Lipinski definition) is 2. The van der Waals surface area contributed by atoms with E-state index in [4.69, 9.17) is 20.8 Å². The molecule has 0 radical (unpaired) electrons. The molecule has 10 heteroatoms. The van der Waals surface area contributed by atoms with E-state index >= 15 is 0 Å². The third-order valence-corrected chi connectivity index (χ3v) is 3.69. The lowest BCUT2D eigenvalue weighted by molar-refractivity contribution is -0.117. The van der Waals surface area contributed by atoms with E-state index in [1.54, 1.807) is 38.1 Å². The quantitative estimate of drug-likeness (QED) is 0.706. The van der Waals surface area contributed by atoms with Crippen LogP contribution in [0.1, 0.15) is 19.7 Å². The molecule has 0 spiro atoms. The maximum atomic E-state index is 11.6. The number of carbonyl (C=O) groups excluding carboxylic acids is 2. The van der Waals surface area contributed by atoms with Gasteiger partial charge in [-0.25, -0.2) is 4.79 Å². The Morgan fingerprint density at radius 1 is 1.28 bits per heavy atom. The van der Waals surface area contributed by atoms with Crippen LogP contribution in [0.3, 0.4) is 0 Å². The van der Waals surface area contributed by atoms with Crippen LogP contribution >= 0.6 is 23.4 Å². The molecule has 0 saturated carbocycles. The number of thioether (sulfide) groups is 1. The molecule has 134 valence electrons. The third-order valence-electron chi connectivity index (χ3n) is 2.62. The Kier molecular flexibility index (Phi) is 7.08. The first kappa shape index (κ1) is 19.1. The summed E-state index contributed by atoms with van der Waals surface area (Å²) in [6, 6.07) is 6.27. The Balaban J connectivity index is 1.74. The summed E-state index contributed by atoms with van der Waals surface area (Å²) in [5.74, 6) is 0.411. The van der Waals surface area contributed by atoms with E-state index in [9.17, 15) is 9.59 Å². The van der Waals surface area contributed by atoms with Gasteiger partial charge in [0, 0.05) is 11.1 Å². The molecule has 0 unspecified atom stereocenters. The minimum Gasteiger partial charge on any atom is -0.484 e. The van der Waals surface area contributed by atoms with Gasteiger partial charge >= 0.3 is 6.03 Å². The second-order valence-electron chi connectivity index (χ2n) is 5.17. The van der Waals surface area contributed by atoms with Crippen molar-refractivity contribution < 1.29 is 18.7 Å². The number of amides is 3. The van der Waals surface area contributed by atoms with Gasteiger partial charge in [0.1, 0.15) is 5.75 Å². The summed E-state index contributed by atoms with van der Waals surface area (Å²) in [6.07, 6.45) is 0. The van der Waals surface area contributed by atoms with Crippen LogP contribution in [0.5, 0.6) is 5.75 Å². The Labute approximate surface area is 153 Å². The molecule has 2 N–H and O–H groups in total. The summed E-state index contributed by atoms with van der Waals surface area (Å²) in [4.78, 5) is 23.0. The van der Waals surface area contributed by atoms with Gasteiger partial charge in [0.25, 0.3) is 11.1 Å². The number of rotatable bonds is 7. The average molecular weight is 385 g/mol. The van der Waals surface area contributed by atoms with E-state index in [1.165, 1.54) is 0 Å². The molecule has 1 aromatic heterocycles. The highest BCUT2D eigenvalue weighted by Crippen LogP contribution is 2.19. The van der Waals surface area contributed by atoms with Crippen molar-refractivity contribution in [2.24, 2.45) is 0 Å². The summed E-state index contributed by atoms with van der Waals surface area (Å²) in [7, 11) is 0. The highest BCUT2D eigenvalue weighted by atomic mass is 35.5. The number of nitrogens with one attached hydrogen (secondary N) is 2. The minimum atomic E-state index is -0.539. The Morgan fingerprint density at radius 3 is 2.68 bits per heavy atom. The molecular formula is C15H17ClN4O4S. The van der Waals surface area contributed by atoms with Gasteiger partial charge in [-0.1, -0.05) is 23.4 Å². The van der Waals surface area contributed by atoms with Crippen LogP contribution in [0.4, 0.5) is 4.79 Å². The first-order chi connectivity index (χ1) is 11.9. The minimum absolute atomic E-state index is 0.0226. The first-order valence-corrected chi connectivity index (χ1v) is 8.72. The summed E-state index contributed by atoms with van der Waals surface area (Å²) in [5.41, 5.74) is 0. The molecule has 3 amide bonds. The number of halogens is 1. The van der Waals surface area contributed by atoms with Crippen molar-refractivity contribution in [1.82, 2.24) is 20.8 Å². The fourth-order valence-electron chi connectivity index (χ4n) is 1.62. The lowest BCUT2D eigenvalue weighted by atomic mass is 10.3. The summed E-state index contributed by atoms with van der Waals surface area (Å²) >= 11 is 6.82. The lowest BCUT2D eigenvalue weighted by Crippen LogP contribution is -2.43. The number of ether oxygens (including phenoxy) is 1. The van der Waals surface area contributed by atoms with Crippen LogP contribution in [-0.2, 0) is 11.4 Å². The average Bonchev–Trinajstić information content (AvgIpc) is 2.99. The molecule has 0 aliphatic heterocycles. The molecule has 25 heavy (non-hydrogen) atoms. The van der Waals surface area contributed by atoms with Crippen LogP contribution in [-0.4, -0.2) is 33.9 Å². The number of benzene rings is 1. The molecular weight excluding hydrogens is 368 g/mol. The van der Waals surface area contributed by atoms with Crippen LogP contribution in [0.25, 0.3) is 0 Å². The number of hydrogen-bond acceptors (Lipinski definition) is 7. The van der Waals surface area contributed by atoms with Gasteiger partial charge < -0.3 is 14.5 Å². The van der Waals surface area contributed by atoms with Crippen molar-refractivity contribution in [1.29, 1.82) is 0 Å². The van der Waals surface area contributed by atoms with Gasteiger partial charge in [-0.2, -0.15) is 0 Å². The number of carbonyl (C=O) groups is 2. The molecule has 0 aliphatic carbocycles. The van der Waals surface area contributed by atoms with Gasteiger partial charge in [-0.15, -0.1) is 10.2 Å². The highest BCUT2D eigenvalue weighted by molar-refractivity contribution is 7.99. The van der Waals surface area contributed by atoms with E-state index in [1.807, 2.05) is 0 Å².